The second-order valence-corrected chi connectivity index (χ2v) is 7.58. The average Bonchev–Trinajstić information content (AvgIpc) is 2.98. The molecule has 154 valence electrons. The Kier molecular flexibility index (Phi) is 6.31. The second kappa shape index (κ2) is 8.91. The van der Waals surface area contributed by atoms with E-state index in [4.69, 9.17) is 0 Å². The lowest BCUT2D eigenvalue weighted by molar-refractivity contribution is -0.384. The zero-order valence-electron chi connectivity index (χ0n) is 16.6. The van der Waals surface area contributed by atoms with Gasteiger partial charge in [0.2, 0.25) is 0 Å². The maximum Gasteiger partial charge on any atom is 0.339 e. The van der Waals surface area contributed by atoms with Crippen LogP contribution >= 0.6 is 15.9 Å². The Morgan fingerprint density at radius 3 is 2.63 bits per heavy atom. The molecule has 0 saturated carbocycles. The number of nitro benzene ring substituents is 1. The molecule has 8 nitrogen and oxygen atoms in total. The smallest absolute Gasteiger partial charge is 0.318 e. The Labute approximate surface area is 181 Å². The van der Waals surface area contributed by atoms with Gasteiger partial charge in [-0.15, -0.1) is 0 Å². The molecule has 0 atom stereocenters. The number of hydrogen-bond acceptors (Lipinski definition) is 4. The summed E-state index contributed by atoms with van der Waals surface area (Å²) in [6.45, 7) is 5.72. The van der Waals surface area contributed by atoms with E-state index in [-0.39, 0.29) is 5.69 Å². The fourth-order valence-electron chi connectivity index (χ4n) is 3.10. The molecule has 0 radical (unpaired) electrons. The van der Waals surface area contributed by atoms with Crippen LogP contribution in [-0.2, 0) is 0 Å². The van der Waals surface area contributed by atoms with Gasteiger partial charge in [0, 0.05) is 39.2 Å². The molecule has 3 aromatic rings. The maximum atomic E-state index is 12.1. The summed E-state index contributed by atoms with van der Waals surface area (Å²) >= 11 is 3.42. The molecule has 0 aliphatic rings. The SMILES string of the molecule is Cc1cc(NC(=O)N/N=C/c2cc(C)n(-c3cccc([N+](=O)[O-])c3)c2C)ccc1Br. The minimum atomic E-state index is -0.458. The Balaban J connectivity index is 1.73. The lowest BCUT2D eigenvalue weighted by atomic mass is 10.2. The normalized spacial score (nSPS) is 10.9. The average molecular weight is 470 g/mol. The summed E-state index contributed by atoms with van der Waals surface area (Å²) in [6.07, 6.45) is 1.54. The number of rotatable bonds is 5. The van der Waals surface area contributed by atoms with E-state index in [1.165, 1.54) is 12.1 Å². The molecule has 0 saturated heterocycles. The van der Waals surface area contributed by atoms with Crippen LogP contribution in [0, 0.1) is 30.9 Å². The summed E-state index contributed by atoms with van der Waals surface area (Å²) in [4.78, 5) is 22.7. The minimum absolute atomic E-state index is 0.0248. The van der Waals surface area contributed by atoms with Gasteiger partial charge in [-0.05, 0) is 56.7 Å². The highest BCUT2D eigenvalue weighted by Gasteiger charge is 2.13. The van der Waals surface area contributed by atoms with Gasteiger partial charge in [0.25, 0.3) is 5.69 Å². The zero-order valence-corrected chi connectivity index (χ0v) is 18.2. The summed E-state index contributed by atoms with van der Waals surface area (Å²) in [7, 11) is 0. The highest BCUT2D eigenvalue weighted by molar-refractivity contribution is 9.10. The van der Waals surface area contributed by atoms with Crippen LogP contribution in [-0.4, -0.2) is 21.7 Å². The number of amides is 2. The van der Waals surface area contributed by atoms with Crippen LogP contribution in [0.25, 0.3) is 5.69 Å². The van der Waals surface area contributed by atoms with Crippen LogP contribution in [0.15, 0.2) is 58.1 Å². The monoisotopic (exact) mass is 469 g/mol. The standard InChI is InChI=1S/C21H20BrN5O3/c1-13-9-17(7-8-20(13)22)24-21(28)25-23-12-16-10-14(2)26(15(16)3)18-5-4-6-19(11-18)27(29)30/h4-12H,1-3H3,(H2,24,25,28)/b23-12+. The third kappa shape index (κ3) is 4.74. The van der Waals surface area contributed by atoms with Crippen LogP contribution in [0.1, 0.15) is 22.5 Å². The summed E-state index contributed by atoms with van der Waals surface area (Å²) in [5, 5.41) is 17.8. The maximum absolute atomic E-state index is 12.1. The number of anilines is 1. The van der Waals surface area contributed by atoms with Crippen molar-refractivity contribution in [3.63, 3.8) is 0 Å². The Bertz CT molecular complexity index is 1150. The molecule has 0 bridgehead atoms. The predicted molar refractivity (Wildman–Crippen MR) is 121 cm³/mol. The van der Waals surface area contributed by atoms with Crippen LogP contribution in [0.4, 0.5) is 16.2 Å². The first-order valence-electron chi connectivity index (χ1n) is 9.06. The number of aryl methyl sites for hydroxylation is 2. The molecule has 3 rings (SSSR count). The number of hydrogen-bond donors (Lipinski definition) is 2. The highest BCUT2D eigenvalue weighted by Crippen LogP contribution is 2.23. The molecular formula is C21H20BrN5O3. The molecule has 0 spiro atoms. The van der Waals surface area contributed by atoms with Crippen molar-refractivity contribution in [1.82, 2.24) is 9.99 Å². The van der Waals surface area contributed by atoms with Crippen molar-refractivity contribution >= 4 is 39.6 Å². The number of aromatic nitrogens is 1. The fourth-order valence-corrected chi connectivity index (χ4v) is 3.35. The molecule has 1 heterocycles. The number of nitro groups is 1. The van der Waals surface area contributed by atoms with E-state index in [2.05, 4.69) is 31.8 Å². The van der Waals surface area contributed by atoms with E-state index in [0.717, 1.165) is 27.0 Å². The number of halogens is 1. The van der Waals surface area contributed by atoms with Crippen molar-refractivity contribution in [2.24, 2.45) is 5.10 Å². The fraction of sp³-hybridized carbons (Fsp3) is 0.143. The van der Waals surface area contributed by atoms with Crippen LogP contribution in [0.3, 0.4) is 0 Å². The first kappa shape index (κ1) is 21.3. The molecule has 0 fully saturated rings. The van der Waals surface area contributed by atoms with E-state index < -0.39 is 11.0 Å². The number of urea groups is 1. The van der Waals surface area contributed by atoms with Gasteiger partial charge in [-0.2, -0.15) is 5.10 Å². The molecule has 2 N–H and O–H groups in total. The molecule has 30 heavy (non-hydrogen) atoms. The van der Waals surface area contributed by atoms with Gasteiger partial charge in [-0.1, -0.05) is 22.0 Å². The largest absolute Gasteiger partial charge is 0.339 e. The minimum Gasteiger partial charge on any atom is -0.318 e. The van der Waals surface area contributed by atoms with Crippen LogP contribution in [0.5, 0.6) is 0 Å². The van der Waals surface area contributed by atoms with Gasteiger partial charge >= 0.3 is 6.03 Å². The van der Waals surface area contributed by atoms with Crippen molar-refractivity contribution in [2.45, 2.75) is 20.8 Å². The molecular weight excluding hydrogens is 450 g/mol. The lowest BCUT2D eigenvalue weighted by Gasteiger charge is -2.09. The van der Waals surface area contributed by atoms with Crippen molar-refractivity contribution in [3.8, 4) is 5.69 Å². The summed E-state index contributed by atoms with van der Waals surface area (Å²) < 4.78 is 2.87. The highest BCUT2D eigenvalue weighted by atomic mass is 79.9. The van der Waals surface area contributed by atoms with E-state index in [1.54, 1.807) is 24.4 Å². The third-order valence-corrected chi connectivity index (χ3v) is 5.44. The topological polar surface area (TPSA) is 102 Å². The van der Waals surface area contributed by atoms with Crippen molar-refractivity contribution < 1.29 is 9.72 Å². The number of hydrazone groups is 1. The zero-order chi connectivity index (χ0) is 21.8. The van der Waals surface area contributed by atoms with E-state index >= 15 is 0 Å². The lowest BCUT2D eigenvalue weighted by Crippen LogP contribution is -2.24. The van der Waals surface area contributed by atoms with Crippen LogP contribution < -0.4 is 10.7 Å². The first-order valence-corrected chi connectivity index (χ1v) is 9.85. The number of nitrogens with zero attached hydrogens (tertiary/aromatic N) is 3. The van der Waals surface area contributed by atoms with Crippen molar-refractivity contribution in [1.29, 1.82) is 0 Å². The summed E-state index contributed by atoms with van der Waals surface area (Å²) in [5.74, 6) is 0. The molecule has 0 unspecified atom stereocenters. The Hall–Kier alpha value is -3.46. The second-order valence-electron chi connectivity index (χ2n) is 6.73. The van der Waals surface area contributed by atoms with Gasteiger partial charge in [-0.25, -0.2) is 10.2 Å². The molecule has 1 aromatic heterocycles. The van der Waals surface area contributed by atoms with Crippen LogP contribution in [0.2, 0.25) is 0 Å². The third-order valence-electron chi connectivity index (χ3n) is 4.55. The Morgan fingerprint density at radius 2 is 1.93 bits per heavy atom. The van der Waals surface area contributed by atoms with E-state index in [9.17, 15) is 14.9 Å². The number of non-ortho nitro benzene ring substituents is 1. The van der Waals surface area contributed by atoms with E-state index in [1.807, 2.05) is 43.5 Å². The number of nitrogens with one attached hydrogen (secondary N) is 2. The molecule has 0 aliphatic carbocycles. The quantitative estimate of drug-likeness (QED) is 0.303. The molecule has 2 aromatic carbocycles. The number of carbonyl (C=O) groups excluding carboxylic acids is 1. The van der Waals surface area contributed by atoms with Gasteiger partial charge < -0.3 is 9.88 Å². The summed E-state index contributed by atoms with van der Waals surface area (Å²) in [6, 6.07) is 13.4. The van der Waals surface area contributed by atoms with Crippen molar-refractivity contribution in [2.75, 3.05) is 5.32 Å². The van der Waals surface area contributed by atoms with E-state index in [0.29, 0.717) is 11.4 Å². The number of carbonyl (C=O) groups is 1. The van der Waals surface area contributed by atoms with Gasteiger partial charge in [0.05, 0.1) is 16.8 Å². The molecule has 9 heteroatoms. The van der Waals surface area contributed by atoms with Gasteiger partial charge in [0.15, 0.2) is 0 Å². The molecule has 0 aliphatic heterocycles. The predicted octanol–water partition coefficient (Wildman–Crippen LogP) is 5.23. The molecule has 2 amide bonds. The number of benzene rings is 2. The Morgan fingerprint density at radius 1 is 1.17 bits per heavy atom. The first-order chi connectivity index (χ1) is 14.3. The van der Waals surface area contributed by atoms with Gasteiger partial charge in [-0.3, -0.25) is 10.1 Å². The van der Waals surface area contributed by atoms with Gasteiger partial charge in [0.1, 0.15) is 0 Å². The van der Waals surface area contributed by atoms with Crippen molar-refractivity contribution in [3.05, 3.63) is 85.6 Å². The summed E-state index contributed by atoms with van der Waals surface area (Å²) in [5.41, 5.74) is 7.35.